The summed E-state index contributed by atoms with van der Waals surface area (Å²) >= 11 is 0. The van der Waals surface area contributed by atoms with Crippen LogP contribution in [0.5, 0.6) is 0 Å². The summed E-state index contributed by atoms with van der Waals surface area (Å²) in [5.74, 6) is 0.954. The van der Waals surface area contributed by atoms with E-state index in [4.69, 9.17) is 0 Å². The first kappa shape index (κ1) is 3.65. The van der Waals surface area contributed by atoms with Gasteiger partial charge < -0.3 is 0 Å². The molecule has 0 fully saturated rings. The largest absolute Gasteiger partial charge is 0.269 e. The van der Waals surface area contributed by atoms with Crippen molar-refractivity contribution in [3.63, 3.8) is 0 Å². The first-order chi connectivity index (χ1) is 2.89. The summed E-state index contributed by atoms with van der Waals surface area (Å²) in [6, 6.07) is 0. The van der Waals surface area contributed by atoms with Gasteiger partial charge in [0.05, 0.1) is 13.1 Å². The van der Waals surface area contributed by atoms with Gasteiger partial charge in [-0.25, -0.2) is 0 Å². The quantitative estimate of drug-likeness (QED) is 0.395. The van der Waals surface area contributed by atoms with Crippen molar-refractivity contribution in [2.75, 3.05) is 13.1 Å². The minimum atomic E-state index is 0.909. The molecule has 6 heavy (non-hydrogen) atoms. The van der Waals surface area contributed by atoms with E-state index in [2.05, 4.69) is 10.3 Å². The zero-order valence-corrected chi connectivity index (χ0v) is 3.81. The molecule has 0 spiro atoms. The minimum Gasteiger partial charge on any atom is -0.269 e. The normalized spacial score (nSPS) is 19.8. The molecule has 1 aliphatic heterocycles. The van der Waals surface area contributed by atoms with Crippen molar-refractivity contribution in [3.05, 3.63) is 0 Å². The molecule has 0 aliphatic carbocycles. The van der Waals surface area contributed by atoms with Crippen molar-refractivity contribution in [1.29, 1.82) is 0 Å². The molecule has 1 rings (SSSR count). The van der Waals surface area contributed by atoms with E-state index in [0.29, 0.717) is 0 Å². The van der Waals surface area contributed by atoms with Gasteiger partial charge in [0.15, 0.2) is 0 Å². The Kier molecular flexibility index (Phi) is 0.783. The monoisotopic (exact) mass is 83.1 g/mol. The zero-order chi connectivity index (χ0) is 4.41. The molecule has 0 aromatic heterocycles. The molecular weight excluding hydrogens is 76.1 g/mol. The second-order valence-electron chi connectivity index (χ2n) is 1.31. The van der Waals surface area contributed by atoms with Crippen LogP contribution in [0, 0.1) is 0 Å². The maximum atomic E-state index is 3.99. The van der Waals surface area contributed by atoms with Crippen LogP contribution in [0.2, 0.25) is 0 Å². The van der Waals surface area contributed by atoms with Gasteiger partial charge in [-0.2, -0.15) is 0 Å². The Morgan fingerprint density at radius 1 is 1.50 bits per heavy atom. The van der Waals surface area contributed by atoms with Crippen LogP contribution in [0.4, 0.5) is 0 Å². The number of aliphatic imine (C=N–C) groups is 1. The maximum Gasteiger partial charge on any atom is 0.115 e. The summed E-state index contributed by atoms with van der Waals surface area (Å²) in [4.78, 5) is 3.99. The molecule has 1 heterocycles. The highest BCUT2D eigenvalue weighted by Gasteiger charge is 1.96. The highest BCUT2D eigenvalue weighted by Crippen LogP contribution is 1.82. The van der Waals surface area contributed by atoms with E-state index < -0.39 is 0 Å². The molecule has 2 heteroatoms. The number of amidine groups is 1. The van der Waals surface area contributed by atoms with E-state index in [9.17, 15) is 0 Å². The summed E-state index contributed by atoms with van der Waals surface area (Å²) in [6.45, 7) is 3.74. The van der Waals surface area contributed by atoms with Crippen LogP contribution in [0.25, 0.3) is 0 Å². The highest BCUT2D eigenvalue weighted by molar-refractivity contribution is 5.80. The SMILES string of the molecule is CC1=NCC[N]1. The fraction of sp³-hybridized carbons (Fsp3) is 0.750. The van der Waals surface area contributed by atoms with Gasteiger partial charge in [0.1, 0.15) is 5.84 Å². The van der Waals surface area contributed by atoms with Gasteiger partial charge >= 0.3 is 0 Å². The average molecular weight is 83.1 g/mol. The van der Waals surface area contributed by atoms with Gasteiger partial charge in [-0.15, -0.1) is 0 Å². The van der Waals surface area contributed by atoms with Crippen molar-refractivity contribution in [1.82, 2.24) is 5.32 Å². The molecule has 1 radical (unpaired) electrons. The Balaban J connectivity index is 2.45. The van der Waals surface area contributed by atoms with Crippen LogP contribution in [0.1, 0.15) is 6.92 Å². The van der Waals surface area contributed by atoms with E-state index >= 15 is 0 Å². The summed E-state index contributed by atoms with van der Waals surface area (Å²) in [5, 5.41) is 3.99. The lowest BCUT2D eigenvalue weighted by Gasteiger charge is -1.80. The summed E-state index contributed by atoms with van der Waals surface area (Å²) in [6.07, 6.45) is 0. The Bertz CT molecular complexity index is 75.6. The Morgan fingerprint density at radius 2 is 2.33 bits per heavy atom. The van der Waals surface area contributed by atoms with Crippen LogP contribution < -0.4 is 5.32 Å². The average Bonchev–Trinajstić information content (AvgIpc) is 1.86. The summed E-state index contributed by atoms with van der Waals surface area (Å²) < 4.78 is 0. The van der Waals surface area contributed by atoms with E-state index in [1.165, 1.54) is 0 Å². The van der Waals surface area contributed by atoms with Crippen molar-refractivity contribution >= 4 is 5.84 Å². The lowest BCUT2D eigenvalue weighted by Crippen LogP contribution is -2.04. The van der Waals surface area contributed by atoms with Gasteiger partial charge in [-0.1, -0.05) is 0 Å². The lowest BCUT2D eigenvalue weighted by atomic mass is 10.7. The molecule has 33 valence electrons. The molecule has 0 amide bonds. The summed E-state index contributed by atoms with van der Waals surface area (Å²) in [5.41, 5.74) is 0. The van der Waals surface area contributed by atoms with Crippen molar-refractivity contribution < 1.29 is 0 Å². The van der Waals surface area contributed by atoms with Crippen LogP contribution >= 0.6 is 0 Å². The predicted molar refractivity (Wildman–Crippen MR) is 25.0 cm³/mol. The number of nitrogens with zero attached hydrogens (tertiary/aromatic N) is 2. The van der Waals surface area contributed by atoms with Gasteiger partial charge in [0, 0.05) is 0 Å². The predicted octanol–water partition coefficient (Wildman–Crippen LogP) is 0.0228. The smallest absolute Gasteiger partial charge is 0.115 e. The van der Waals surface area contributed by atoms with Crippen molar-refractivity contribution in [2.45, 2.75) is 6.92 Å². The lowest BCUT2D eigenvalue weighted by molar-refractivity contribution is 0.945. The molecular formula is C4H7N2. The van der Waals surface area contributed by atoms with Crippen LogP contribution in [-0.4, -0.2) is 18.9 Å². The fourth-order valence-corrected chi connectivity index (χ4v) is 0.474. The first-order valence-electron chi connectivity index (χ1n) is 2.08. The Hall–Kier alpha value is -0.530. The second kappa shape index (κ2) is 1.29. The maximum absolute atomic E-state index is 3.99. The zero-order valence-electron chi connectivity index (χ0n) is 3.81. The number of hydrogen-bond donors (Lipinski definition) is 0. The molecule has 0 unspecified atom stereocenters. The Labute approximate surface area is 37.3 Å². The standard InChI is InChI=1S/C4H7N2/c1-4-5-2-3-6-4/h2-3H2,1H3. The van der Waals surface area contributed by atoms with E-state index in [-0.39, 0.29) is 0 Å². The summed E-state index contributed by atoms with van der Waals surface area (Å²) in [7, 11) is 0. The van der Waals surface area contributed by atoms with Crippen LogP contribution in [0.15, 0.2) is 4.99 Å². The van der Waals surface area contributed by atoms with E-state index in [1.807, 2.05) is 6.92 Å². The first-order valence-corrected chi connectivity index (χ1v) is 2.08. The van der Waals surface area contributed by atoms with Crippen molar-refractivity contribution in [3.8, 4) is 0 Å². The molecule has 2 nitrogen and oxygen atoms in total. The third-order valence-electron chi connectivity index (χ3n) is 0.781. The van der Waals surface area contributed by atoms with Gasteiger partial charge in [0.2, 0.25) is 0 Å². The van der Waals surface area contributed by atoms with Gasteiger partial charge in [-0.05, 0) is 6.92 Å². The van der Waals surface area contributed by atoms with E-state index in [1.54, 1.807) is 0 Å². The molecule has 0 bridgehead atoms. The topological polar surface area (TPSA) is 26.5 Å². The second-order valence-corrected chi connectivity index (χ2v) is 1.31. The Morgan fingerprint density at radius 3 is 2.50 bits per heavy atom. The molecule has 1 aliphatic rings. The molecule has 0 N–H and O–H groups in total. The van der Waals surface area contributed by atoms with Crippen LogP contribution in [0.3, 0.4) is 0 Å². The third kappa shape index (κ3) is 0.506. The van der Waals surface area contributed by atoms with Crippen LogP contribution in [-0.2, 0) is 0 Å². The van der Waals surface area contributed by atoms with Crippen molar-refractivity contribution in [2.24, 2.45) is 4.99 Å². The minimum absolute atomic E-state index is 0.909. The molecule has 0 atom stereocenters. The number of hydrogen-bond acceptors (Lipinski definition) is 1. The van der Waals surface area contributed by atoms with E-state index in [0.717, 1.165) is 18.9 Å². The van der Waals surface area contributed by atoms with Gasteiger partial charge in [-0.3, -0.25) is 10.3 Å². The highest BCUT2D eigenvalue weighted by atomic mass is 15.0. The van der Waals surface area contributed by atoms with Gasteiger partial charge in [0.25, 0.3) is 0 Å². The molecule has 0 aromatic rings. The number of rotatable bonds is 0. The molecule has 0 aromatic carbocycles. The fourth-order valence-electron chi connectivity index (χ4n) is 0.474. The molecule has 0 saturated heterocycles. The third-order valence-corrected chi connectivity index (χ3v) is 0.781. The molecule has 0 saturated carbocycles.